The normalized spacial score (nSPS) is 11.1. The number of nitrogens with one attached hydrogen (secondary N) is 1. The summed E-state index contributed by atoms with van der Waals surface area (Å²) in [5.74, 6) is -0.490. The van der Waals surface area contributed by atoms with Gasteiger partial charge in [-0.25, -0.2) is 4.98 Å². The fourth-order valence-corrected chi connectivity index (χ4v) is 3.68. The zero-order valence-electron chi connectivity index (χ0n) is 18.5. The lowest BCUT2D eigenvalue weighted by Gasteiger charge is -2.15. The van der Waals surface area contributed by atoms with Gasteiger partial charge < -0.3 is 19.7 Å². The molecule has 9 nitrogen and oxygen atoms in total. The van der Waals surface area contributed by atoms with E-state index in [1.807, 2.05) is 43.4 Å². The smallest absolute Gasteiger partial charge is 0.268 e. The van der Waals surface area contributed by atoms with Gasteiger partial charge in [0.1, 0.15) is 16.9 Å². The zero-order chi connectivity index (χ0) is 23.4. The molecule has 0 aliphatic carbocycles. The summed E-state index contributed by atoms with van der Waals surface area (Å²) in [5, 5.41) is 13.5. The molecule has 33 heavy (non-hydrogen) atoms. The molecule has 170 valence electrons. The van der Waals surface area contributed by atoms with Gasteiger partial charge in [0.05, 0.1) is 18.7 Å². The largest absolute Gasteiger partial charge is 0.505 e. The van der Waals surface area contributed by atoms with Gasteiger partial charge in [0.25, 0.3) is 11.5 Å². The second-order valence-corrected chi connectivity index (χ2v) is 7.69. The molecule has 0 aliphatic rings. The number of amides is 1. The summed E-state index contributed by atoms with van der Waals surface area (Å²) < 4.78 is 8.17. The number of hydrogen-bond acceptors (Lipinski definition) is 6. The molecule has 0 atom stereocenters. The minimum atomic E-state index is -0.680. The van der Waals surface area contributed by atoms with Gasteiger partial charge >= 0.3 is 0 Å². The van der Waals surface area contributed by atoms with Crippen molar-refractivity contribution in [2.45, 2.75) is 13.0 Å². The van der Waals surface area contributed by atoms with E-state index >= 15 is 0 Å². The molecule has 0 saturated heterocycles. The molecule has 1 aromatic carbocycles. The second-order valence-electron chi connectivity index (χ2n) is 7.69. The van der Waals surface area contributed by atoms with Crippen LogP contribution in [0.15, 0.2) is 59.8 Å². The van der Waals surface area contributed by atoms with Crippen molar-refractivity contribution in [1.82, 2.24) is 24.4 Å². The van der Waals surface area contributed by atoms with E-state index in [2.05, 4.69) is 15.3 Å². The Morgan fingerprint density at radius 3 is 2.67 bits per heavy atom. The molecule has 3 heterocycles. The van der Waals surface area contributed by atoms with Gasteiger partial charge in [0.15, 0.2) is 5.75 Å². The Hall–Kier alpha value is -3.98. The highest BCUT2D eigenvalue weighted by Gasteiger charge is 2.24. The maximum absolute atomic E-state index is 13.4. The van der Waals surface area contributed by atoms with Gasteiger partial charge in [-0.3, -0.25) is 19.1 Å². The molecule has 0 fully saturated rings. The van der Waals surface area contributed by atoms with E-state index in [-0.39, 0.29) is 30.8 Å². The number of methoxy groups -OCH3 is 1. The second kappa shape index (κ2) is 9.66. The first-order chi connectivity index (χ1) is 16.0. The number of benzene rings is 1. The van der Waals surface area contributed by atoms with Gasteiger partial charge in [-0.15, -0.1) is 0 Å². The first-order valence-corrected chi connectivity index (χ1v) is 10.5. The van der Waals surface area contributed by atoms with Gasteiger partial charge in [-0.1, -0.05) is 30.3 Å². The Bertz CT molecular complexity index is 1340. The van der Waals surface area contributed by atoms with Crippen LogP contribution in [0.4, 0.5) is 0 Å². The quantitative estimate of drug-likeness (QED) is 0.399. The maximum atomic E-state index is 13.4. The number of aromatic hydroxyl groups is 1. The van der Waals surface area contributed by atoms with E-state index < -0.39 is 17.2 Å². The third-order valence-corrected chi connectivity index (χ3v) is 5.43. The minimum Gasteiger partial charge on any atom is -0.505 e. The Balaban J connectivity index is 1.85. The molecule has 0 saturated carbocycles. The lowest BCUT2D eigenvalue weighted by molar-refractivity contribution is 0.0932. The number of carbonyl (C=O) groups is 1. The summed E-state index contributed by atoms with van der Waals surface area (Å²) >= 11 is 0. The van der Waals surface area contributed by atoms with Crippen molar-refractivity contribution in [1.29, 1.82) is 0 Å². The van der Waals surface area contributed by atoms with Gasteiger partial charge in [-0.05, 0) is 23.6 Å². The van der Waals surface area contributed by atoms with Gasteiger partial charge in [0.2, 0.25) is 0 Å². The average Bonchev–Trinajstić information content (AvgIpc) is 3.22. The van der Waals surface area contributed by atoms with Crippen LogP contribution in [0.25, 0.3) is 11.0 Å². The van der Waals surface area contributed by atoms with E-state index in [1.54, 1.807) is 23.2 Å². The molecule has 2 N–H and O–H groups in total. The Kier molecular flexibility index (Phi) is 6.50. The molecule has 3 aromatic heterocycles. The third kappa shape index (κ3) is 4.63. The van der Waals surface area contributed by atoms with Gasteiger partial charge in [-0.2, -0.15) is 0 Å². The van der Waals surface area contributed by atoms with Crippen molar-refractivity contribution in [2.24, 2.45) is 7.05 Å². The van der Waals surface area contributed by atoms with Crippen LogP contribution >= 0.6 is 0 Å². The summed E-state index contributed by atoms with van der Waals surface area (Å²) in [6.07, 6.45) is 5.68. The number of imidazole rings is 1. The van der Waals surface area contributed by atoms with Crippen LogP contribution in [0.1, 0.15) is 27.3 Å². The number of aryl methyl sites for hydroxylation is 1. The predicted octanol–water partition coefficient (Wildman–Crippen LogP) is 1.85. The summed E-state index contributed by atoms with van der Waals surface area (Å²) in [4.78, 5) is 34.9. The Morgan fingerprint density at radius 2 is 1.97 bits per heavy atom. The minimum absolute atomic E-state index is 0.119. The van der Waals surface area contributed by atoms with E-state index in [1.165, 1.54) is 11.7 Å². The van der Waals surface area contributed by atoms with E-state index in [0.717, 1.165) is 11.1 Å². The fourth-order valence-electron chi connectivity index (χ4n) is 3.68. The lowest BCUT2D eigenvalue weighted by atomic mass is 10.1. The summed E-state index contributed by atoms with van der Waals surface area (Å²) in [7, 11) is 3.34. The van der Waals surface area contributed by atoms with Crippen LogP contribution in [-0.2, 0) is 24.8 Å². The number of carbonyl (C=O) groups excluding carboxylic acids is 1. The molecular weight excluding hydrogens is 422 g/mol. The Morgan fingerprint density at radius 1 is 1.18 bits per heavy atom. The lowest BCUT2D eigenvalue weighted by Crippen LogP contribution is -2.35. The van der Waals surface area contributed by atoms with E-state index in [4.69, 9.17) is 4.74 Å². The van der Waals surface area contributed by atoms with Crippen LogP contribution in [0.3, 0.4) is 0 Å². The molecule has 9 heteroatoms. The summed E-state index contributed by atoms with van der Waals surface area (Å²) in [5.41, 5.74) is 1.61. The molecule has 4 rings (SSSR count). The first kappa shape index (κ1) is 22.2. The standard InChI is InChI=1S/C24H25N5O4/c1-28-10-8-25-19(28)15-29-18-13-17(12-16-6-4-3-5-7-16)14-27-21(18)22(30)20(24(29)32)23(31)26-9-11-33-2/h3-8,10,13-14,30H,9,11-12,15H2,1-2H3,(H,26,31). The number of aromatic nitrogens is 4. The fraction of sp³-hybridized carbons (Fsp3) is 0.250. The van der Waals surface area contributed by atoms with Crippen LogP contribution in [0.5, 0.6) is 5.75 Å². The van der Waals surface area contributed by atoms with Crippen molar-refractivity contribution in [2.75, 3.05) is 20.3 Å². The van der Waals surface area contributed by atoms with E-state index in [0.29, 0.717) is 17.8 Å². The third-order valence-electron chi connectivity index (χ3n) is 5.43. The van der Waals surface area contributed by atoms with Crippen molar-refractivity contribution >= 4 is 16.9 Å². The monoisotopic (exact) mass is 447 g/mol. The SMILES string of the molecule is COCCNC(=O)c1c(O)c2ncc(Cc3ccccc3)cc2n(Cc2nccn2C)c1=O. The zero-order valence-corrected chi connectivity index (χ0v) is 18.5. The highest BCUT2D eigenvalue weighted by Crippen LogP contribution is 2.26. The van der Waals surface area contributed by atoms with Crippen LogP contribution in [0.2, 0.25) is 0 Å². The van der Waals surface area contributed by atoms with Gasteiger partial charge in [0, 0.05) is 39.3 Å². The molecule has 0 spiro atoms. The number of rotatable bonds is 8. The van der Waals surface area contributed by atoms with Crippen molar-refractivity contribution in [3.8, 4) is 5.75 Å². The van der Waals surface area contributed by atoms with Crippen LogP contribution < -0.4 is 10.9 Å². The molecule has 1 amide bonds. The first-order valence-electron chi connectivity index (χ1n) is 10.5. The van der Waals surface area contributed by atoms with Crippen molar-refractivity contribution in [3.05, 3.63) is 87.9 Å². The highest BCUT2D eigenvalue weighted by atomic mass is 16.5. The maximum Gasteiger partial charge on any atom is 0.268 e. The topological polar surface area (TPSA) is 111 Å². The number of nitrogens with zero attached hydrogens (tertiary/aromatic N) is 4. The van der Waals surface area contributed by atoms with Crippen LogP contribution in [0, 0.1) is 0 Å². The molecule has 0 unspecified atom stereocenters. The summed E-state index contributed by atoms with van der Waals surface area (Å²) in [6, 6.07) is 11.7. The molecule has 0 bridgehead atoms. The molecule has 0 radical (unpaired) electrons. The van der Waals surface area contributed by atoms with E-state index in [9.17, 15) is 14.7 Å². The number of pyridine rings is 2. The predicted molar refractivity (Wildman–Crippen MR) is 123 cm³/mol. The highest BCUT2D eigenvalue weighted by molar-refractivity contribution is 6.01. The summed E-state index contributed by atoms with van der Waals surface area (Å²) in [6.45, 7) is 0.603. The molecule has 0 aliphatic heterocycles. The molecule has 4 aromatic rings. The van der Waals surface area contributed by atoms with Crippen molar-refractivity contribution in [3.63, 3.8) is 0 Å². The van der Waals surface area contributed by atoms with Crippen molar-refractivity contribution < 1.29 is 14.6 Å². The molecular formula is C24H25N5O4. The number of ether oxygens (including phenoxy) is 1. The average molecular weight is 447 g/mol. The number of fused-ring (bicyclic) bond motifs is 1. The Labute approximate surface area is 190 Å². The number of hydrogen-bond donors (Lipinski definition) is 2. The van der Waals surface area contributed by atoms with Crippen LogP contribution in [-0.4, -0.2) is 50.4 Å².